The Morgan fingerprint density at radius 3 is 2.53 bits per heavy atom. The first-order valence-corrected chi connectivity index (χ1v) is 10.3. The standard InChI is InChI=1S/C26H20N4O4/c1-17-7-3-4-8-22(17)34-25-21(26(32)30-14-6-5-9-23(30)29-25)15-18(16-27)24(31)28-19-10-12-20(33-2)13-11-19/h3-15H,1-2H3,(H,28,31). The highest BCUT2D eigenvalue weighted by Crippen LogP contribution is 2.26. The van der Waals surface area contributed by atoms with Crippen LogP contribution in [0, 0.1) is 18.3 Å². The highest BCUT2D eigenvalue weighted by Gasteiger charge is 2.18. The second-order valence-corrected chi connectivity index (χ2v) is 7.28. The number of methoxy groups -OCH3 is 1. The molecule has 2 aromatic heterocycles. The van der Waals surface area contributed by atoms with Crippen molar-refractivity contribution < 1.29 is 14.3 Å². The number of nitrogens with one attached hydrogen (secondary N) is 1. The van der Waals surface area contributed by atoms with E-state index in [1.54, 1.807) is 60.8 Å². The van der Waals surface area contributed by atoms with Crippen molar-refractivity contribution >= 4 is 23.3 Å². The number of hydrogen-bond acceptors (Lipinski definition) is 6. The minimum Gasteiger partial charge on any atom is -0.497 e. The Hall–Kier alpha value is -4.90. The van der Waals surface area contributed by atoms with Crippen LogP contribution in [-0.4, -0.2) is 22.4 Å². The Kier molecular flexibility index (Phi) is 6.37. The van der Waals surface area contributed by atoms with Crippen LogP contribution in [0.1, 0.15) is 11.1 Å². The Morgan fingerprint density at radius 2 is 1.82 bits per heavy atom. The molecule has 0 aliphatic rings. The fraction of sp³-hybridized carbons (Fsp3) is 0.0769. The zero-order valence-corrected chi connectivity index (χ0v) is 18.5. The number of benzene rings is 2. The van der Waals surface area contributed by atoms with E-state index in [-0.39, 0.29) is 17.0 Å². The fourth-order valence-electron chi connectivity index (χ4n) is 3.22. The lowest BCUT2D eigenvalue weighted by molar-refractivity contribution is -0.112. The number of hydrogen-bond donors (Lipinski definition) is 1. The quantitative estimate of drug-likeness (QED) is 0.344. The van der Waals surface area contributed by atoms with Crippen molar-refractivity contribution in [2.75, 3.05) is 12.4 Å². The lowest BCUT2D eigenvalue weighted by Gasteiger charge is -2.12. The number of carbonyl (C=O) groups is 1. The van der Waals surface area contributed by atoms with Gasteiger partial charge in [0.2, 0.25) is 5.88 Å². The van der Waals surface area contributed by atoms with Gasteiger partial charge >= 0.3 is 0 Å². The van der Waals surface area contributed by atoms with E-state index in [1.807, 2.05) is 25.1 Å². The second-order valence-electron chi connectivity index (χ2n) is 7.28. The van der Waals surface area contributed by atoms with E-state index in [9.17, 15) is 14.9 Å². The van der Waals surface area contributed by atoms with Gasteiger partial charge < -0.3 is 14.8 Å². The normalized spacial score (nSPS) is 11.0. The SMILES string of the molecule is COc1ccc(NC(=O)C(C#N)=Cc2c(Oc3ccccc3C)nc3ccccn3c2=O)cc1. The molecule has 34 heavy (non-hydrogen) atoms. The Balaban J connectivity index is 1.78. The van der Waals surface area contributed by atoms with Gasteiger partial charge in [-0.15, -0.1) is 0 Å². The predicted molar refractivity (Wildman–Crippen MR) is 128 cm³/mol. The molecule has 2 heterocycles. The molecule has 2 aromatic carbocycles. The molecule has 0 spiro atoms. The molecule has 1 amide bonds. The summed E-state index contributed by atoms with van der Waals surface area (Å²) in [6, 6.07) is 20.9. The first kappa shape index (κ1) is 22.3. The zero-order valence-electron chi connectivity index (χ0n) is 18.5. The average Bonchev–Trinajstić information content (AvgIpc) is 2.86. The summed E-state index contributed by atoms with van der Waals surface area (Å²) in [5.74, 6) is 0.454. The number of para-hydroxylation sites is 1. The van der Waals surface area contributed by atoms with Crippen molar-refractivity contribution in [3.05, 3.63) is 100.0 Å². The molecular formula is C26H20N4O4. The highest BCUT2D eigenvalue weighted by atomic mass is 16.5. The van der Waals surface area contributed by atoms with Crippen LogP contribution >= 0.6 is 0 Å². The van der Waals surface area contributed by atoms with Gasteiger partial charge in [0.05, 0.1) is 7.11 Å². The number of nitriles is 1. The highest BCUT2D eigenvalue weighted by molar-refractivity contribution is 6.09. The molecule has 0 saturated heterocycles. The maximum atomic E-state index is 13.3. The van der Waals surface area contributed by atoms with E-state index < -0.39 is 11.5 Å². The summed E-state index contributed by atoms with van der Waals surface area (Å²) < 4.78 is 12.4. The molecule has 0 aliphatic carbocycles. The third-order valence-electron chi connectivity index (χ3n) is 5.04. The van der Waals surface area contributed by atoms with E-state index in [1.165, 1.54) is 17.6 Å². The van der Waals surface area contributed by atoms with Gasteiger partial charge in [-0.3, -0.25) is 14.0 Å². The molecule has 0 aliphatic heterocycles. The fourth-order valence-corrected chi connectivity index (χ4v) is 3.22. The van der Waals surface area contributed by atoms with Gasteiger partial charge in [-0.05, 0) is 61.0 Å². The Labute approximate surface area is 195 Å². The number of pyridine rings is 1. The van der Waals surface area contributed by atoms with E-state index in [0.717, 1.165) is 5.56 Å². The zero-order chi connectivity index (χ0) is 24.1. The number of carbonyl (C=O) groups excluding carboxylic acids is 1. The Morgan fingerprint density at radius 1 is 1.09 bits per heavy atom. The third-order valence-corrected chi connectivity index (χ3v) is 5.04. The molecule has 0 fully saturated rings. The lowest BCUT2D eigenvalue weighted by Crippen LogP contribution is -2.20. The van der Waals surface area contributed by atoms with Crippen LogP contribution < -0.4 is 20.3 Å². The molecule has 0 saturated carbocycles. The van der Waals surface area contributed by atoms with Crippen LogP contribution in [0.2, 0.25) is 0 Å². The lowest BCUT2D eigenvalue weighted by atomic mass is 10.1. The van der Waals surface area contributed by atoms with Gasteiger partial charge in [0.25, 0.3) is 11.5 Å². The van der Waals surface area contributed by atoms with Crippen LogP contribution in [0.25, 0.3) is 11.7 Å². The van der Waals surface area contributed by atoms with Crippen LogP contribution in [0.3, 0.4) is 0 Å². The maximum Gasteiger partial charge on any atom is 0.269 e. The smallest absolute Gasteiger partial charge is 0.269 e. The van der Waals surface area contributed by atoms with Crippen LogP contribution in [0.5, 0.6) is 17.4 Å². The number of aromatic nitrogens is 2. The molecule has 0 atom stereocenters. The van der Waals surface area contributed by atoms with E-state index >= 15 is 0 Å². The average molecular weight is 452 g/mol. The third kappa shape index (κ3) is 4.64. The van der Waals surface area contributed by atoms with Crippen LogP contribution in [-0.2, 0) is 4.79 Å². The number of ether oxygens (including phenoxy) is 2. The summed E-state index contributed by atoms with van der Waals surface area (Å²) in [6.45, 7) is 1.86. The maximum absolute atomic E-state index is 13.3. The van der Waals surface area contributed by atoms with Crippen molar-refractivity contribution in [1.29, 1.82) is 5.26 Å². The van der Waals surface area contributed by atoms with Crippen molar-refractivity contribution in [1.82, 2.24) is 9.38 Å². The number of anilines is 1. The second kappa shape index (κ2) is 9.71. The van der Waals surface area contributed by atoms with Crippen molar-refractivity contribution in [2.45, 2.75) is 6.92 Å². The molecule has 8 nitrogen and oxygen atoms in total. The molecule has 8 heteroatoms. The van der Waals surface area contributed by atoms with Crippen molar-refractivity contribution in [2.24, 2.45) is 0 Å². The van der Waals surface area contributed by atoms with Crippen molar-refractivity contribution in [3.63, 3.8) is 0 Å². The number of rotatable bonds is 6. The predicted octanol–water partition coefficient (Wildman–Crippen LogP) is 4.35. The van der Waals surface area contributed by atoms with Gasteiger partial charge in [0.15, 0.2) is 0 Å². The summed E-state index contributed by atoms with van der Waals surface area (Å²) in [5.41, 5.74) is 0.907. The molecule has 0 bridgehead atoms. The molecule has 168 valence electrons. The largest absolute Gasteiger partial charge is 0.497 e. The summed E-state index contributed by atoms with van der Waals surface area (Å²) in [6.07, 6.45) is 2.75. The van der Waals surface area contributed by atoms with Crippen LogP contribution in [0.15, 0.2) is 83.3 Å². The van der Waals surface area contributed by atoms with Crippen LogP contribution in [0.4, 0.5) is 5.69 Å². The molecule has 1 N–H and O–H groups in total. The summed E-state index contributed by atoms with van der Waals surface area (Å²) in [5, 5.41) is 12.3. The Bertz CT molecular complexity index is 1500. The molecule has 4 aromatic rings. The van der Waals surface area contributed by atoms with Gasteiger partial charge in [0.1, 0.15) is 34.4 Å². The molecule has 0 unspecified atom stereocenters. The minimum absolute atomic E-state index is 0.00417. The van der Waals surface area contributed by atoms with Crippen molar-refractivity contribution in [3.8, 4) is 23.4 Å². The summed E-state index contributed by atoms with van der Waals surface area (Å²) in [7, 11) is 1.54. The van der Waals surface area contributed by atoms with E-state index in [2.05, 4.69) is 10.3 Å². The van der Waals surface area contributed by atoms with E-state index in [0.29, 0.717) is 22.8 Å². The number of aryl methyl sites for hydroxylation is 1. The molecule has 4 rings (SSSR count). The summed E-state index contributed by atoms with van der Waals surface area (Å²) in [4.78, 5) is 30.5. The number of fused-ring (bicyclic) bond motifs is 1. The topological polar surface area (TPSA) is 106 Å². The molecular weight excluding hydrogens is 432 g/mol. The summed E-state index contributed by atoms with van der Waals surface area (Å²) >= 11 is 0. The molecule has 0 radical (unpaired) electrons. The number of nitrogens with zero attached hydrogens (tertiary/aromatic N) is 3. The van der Waals surface area contributed by atoms with Gasteiger partial charge in [-0.25, -0.2) is 0 Å². The first-order valence-electron chi connectivity index (χ1n) is 10.3. The number of amides is 1. The van der Waals surface area contributed by atoms with Gasteiger partial charge in [-0.2, -0.15) is 10.2 Å². The monoisotopic (exact) mass is 452 g/mol. The van der Waals surface area contributed by atoms with Gasteiger partial charge in [0, 0.05) is 11.9 Å². The van der Waals surface area contributed by atoms with Gasteiger partial charge in [-0.1, -0.05) is 24.3 Å². The first-order chi connectivity index (χ1) is 16.5. The van der Waals surface area contributed by atoms with E-state index in [4.69, 9.17) is 9.47 Å². The minimum atomic E-state index is -0.674.